The van der Waals surface area contributed by atoms with Gasteiger partial charge in [-0.3, -0.25) is 15.1 Å². The summed E-state index contributed by atoms with van der Waals surface area (Å²) in [6.45, 7) is 1.74. The standard InChI is InChI=1S/C13H8N2O5S/c1-6-9-11(14-13(17)20-12(9)16)21-10(6)7-2-4-8(5-3-7)15(18)19/h2-5H,1H3,(H,14,17). The van der Waals surface area contributed by atoms with Crippen molar-refractivity contribution >= 4 is 27.2 Å². The predicted molar refractivity (Wildman–Crippen MR) is 77.8 cm³/mol. The molecule has 0 atom stereocenters. The second-order valence-corrected chi connectivity index (χ2v) is 5.39. The van der Waals surface area contributed by atoms with Crippen molar-refractivity contribution in [1.29, 1.82) is 0 Å². The summed E-state index contributed by atoms with van der Waals surface area (Å²) in [7, 11) is 0. The Morgan fingerprint density at radius 2 is 1.90 bits per heavy atom. The van der Waals surface area contributed by atoms with E-state index in [2.05, 4.69) is 9.40 Å². The number of thiophene rings is 1. The van der Waals surface area contributed by atoms with Crippen LogP contribution in [0.3, 0.4) is 0 Å². The van der Waals surface area contributed by atoms with E-state index in [0.717, 1.165) is 10.4 Å². The molecule has 3 rings (SSSR count). The lowest BCUT2D eigenvalue weighted by Crippen LogP contribution is -2.13. The highest BCUT2D eigenvalue weighted by Crippen LogP contribution is 2.35. The normalized spacial score (nSPS) is 10.9. The molecule has 106 valence electrons. The van der Waals surface area contributed by atoms with Crippen molar-refractivity contribution < 1.29 is 9.34 Å². The Balaban J connectivity index is 2.23. The maximum absolute atomic E-state index is 11.7. The van der Waals surface area contributed by atoms with Gasteiger partial charge < -0.3 is 4.42 Å². The molecule has 1 aromatic carbocycles. The fraction of sp³-hybridized carbons (Fsp3) is 0.0769. The first kappa shape index (κ1) is 13.3. The van der Waals surface area contributed by atoms with E-state index in [1.54, 1.807) is 19.1 Å². The van der Waals surface area contributed by atoms with Gasteiger partial charge in [0.05, 0.1) is 10.3 Å². The summed E-state index contributed by atoms with van der Waals surface area (Å²) in [5.74, 6) is -0.802. The fourth-order valence-corrected chi connectivity index (χ4v) is 3.30. The molecule has 0 saturated heterocycles. The van der Waals surface area contributed by atoms with Crippen LogP contribution in [-0.2, 0) is 0 Å². The van der Waals surface area contributed by atoms with Gasteiger partial charge in [-0.05, 0) is 30.2 Å². The third-order valence-corrected chi connectivity index (χ3v) is 4.35. The number of rotatable bonds is 2. The molecule has 0 amide bonds. The third kappa shape index (κ3) is 2.15. The average Bonchev–Trinajstić information content (AvgIpc) is 2.76. The Labute approximate surface area is 120 Å². The topological polar surface area (TPSA) is 106 Å². The molecule has 0 aliphatic rings. The number of nitrogens with one attached hydrogen (secondary N) is 1. The van der Waals surface area contributed by atoms with Gasteiger partial charge in [-0.2, -0.15) is 0 Å². The minimum Gasteiger partial charge on any atom is -0.372 e. The molecule has 0 fully saturated rings. The second-order valence-electron chi connectivity index (χ2n) is 4.37. The van der Waals surface area contributed by atoms with Crippen LogP contribution in [0.5, 0.6) is 0 Å². The monoisotopic (exact) mass is 304 g/mol. The summed E-state index contributed by atoms with van der Waals surface area (Å²) in [5, 5.41) is 11.0. The van der Waals surface area contributed by atoms with Gasteiger partial charge in [-0.25, -0.2) is 9.59 Å². The smallest absolute Gasteiger partial charge is 0.372 e. The van der Waals surface area contributed by atoms with E-state index in [-0.39, 0.29) is 5.69 Å². The van der Waals surface area contributed by atoms with Gasteiger partial charge in [0, 0.05) is 17.0 Å². The van der Waals surface area contributed by atoms with E-state index in [4.69, 9.17) is 0 Å². The number of benzene rings is 1. The first-order valence-corrected chi connectivity index (χ1v) is 6.70. The number of H-pyrrole nitrogens is 1. The Morgan fingerprint density at radius 1 is 1.24 bits per heavy atom. The molecule has 0 unspecified atom stereocenters. The molecule has 1 N–H and O–H groups in total. The predicted octanol–water partition coefficient (Wildman–Crippen LogP) is 2.43. The molecular formula is C13H8N2O5S. The van der Waals surface area contributed by atoms with Gasteiger partial charge in [0.15, 0.2) is 0 Å². The Morgan fingerprint density at radius 3 is 2.52 bits per heavy atom. The summed E-state index contributed by atoms with van der Waals surface area (Å²) in [4.78, 5) is 36.8. The number of aryl methyl sites for hydroxylation is 1. The average molecular weight is 304 g/mol. The molecule has 0 saturated carbocycles. The van der Waals surface area contributed by atoms with Crippen LogP contribution in [0.25, 0.3) is 20.7 Å². The molecule has 0 radical (unpaired) electrons. The molecule has 0 spiro atoms. The number of fused-ring (bicyclic) bond motifs is 1. The van der Waals surface area contributed by atoms with E-state index >= 15 is 0 Å². The minimum absolute atomic E-state index is 0.00886. The van der Waals surface area contributed by atoms with Crippen molar-refractivity contribution in [2.75, 3.05) is 0 Å². The number of nitro benzene ring substituents is 1. The van der Waals surface area contributed by atoms with Crippen LogP contribution in [0.4, 0.5) is 5.69 Å². The lowest BCUT2D eigenvalue weighted by molar-refractivity contribution is -0.384. The highest BCUT2D eigenvalue weighted by Gasteiger charge is 2.16. The zero-order valence-electron chi connectivity index (χ0n) is 10.7. The molecule has 0 aliphatic carbocycles. The molecule has 0 aliphatic heterocycles. The Kier molecular flexibility index (Phi) is 2.95. The van der Waals surface area contributed by atoms with Gasteiger partial charge in [-0.15, -0.1) is 11.3 Å². The first-order chi connectivity index (χ1) is 9.97. The van der Waals surface area contributed by atoms with E-state index in [9.17, 15) is 19.7 Å². The molecule has 0 bridgehead atoms. The highest BCUT2D eigenvalue weighted by molar-refractivity contribution is 7.22. The summed E-state index contributed by atoms with van der Waals surface area (Å²) >= 11 is 1.23. The van der Waals surface area contributed by atoms with Crippen LogP contribution in [0.15, 0.2) is 38.3 Å². The molecule has 3 aromatic rings. The van der Waals surface area contributed by atoms with Gasteiger partial charge in [0.25, 0.3) is 5.69 Å². The third-order valence-electron chi connectivity index (χ3n) is 3.09. The summed E-state index contributed by atoms with van der Waals surface area (Å²) < 4.78 is 4.52. The van der Waals surface area contributed by atoms with Crippen molar-refractivity contribution in [2.24, 2.45) is 0 Å². The zero-order chi connectivity index (χ0) is 15.1. The van der Waals surface area contributed by atoms with E-state index in [1.165, 1.54) is 23.5 Å². The quantitative estimate of drug-likeness (QED) is 0.578. The van der Waals surface area contributed by atoms with Crippen molar-refractivity contribution in [3.8, 4) is 10.4 Å². The van der Waals surface area contributed by atoms with Gasteiger partial charge >= 0.3 is 11.4 Å². The molecule has 7 nitrogen and oxygen atoms in total. The number of hydrogen-bond acceptors (Lipinski definition) is 6. The molecular weight excluding hydrogens is 296 g/mol. The van der Waals surface area contributed by atoms with E-state index < -0.39 is 16.3 Å². The Bertz CT molecular complexity index is 965. The lowest BCUT2D eigenvalue weighted by atomic mass is 10.1. The van der Waals surface area contributed by atoms with Gasteiger partial charge in [0.2, 0.25) is 0 Å². The van der Waals surface area contributed by atoms with Crippen molar-refractivity contribution in [1.82, 2.24) is 4.98 Å². The number of non-ortho nitro benzene ring substituents is 1. The first-order valence-electron chi connectivity index (χ1n) is 5.88. The number of nitrogens with zero attached hydrogens (tertiary/aromatic N) is 1. The summed E-state index contributed by atoms with van der Waals surface area (Å²) in [6, 6.07) is 6.00. The molecule has 21 heavy (non-hydrogen) atoms. The minimum atomic E-state index is -0.802. The van der Waals surface area contributed by atoms with Crippen LogP contribution in [0.1, 0.15) is 5.56 Å². The zero-order valence-corrected chi connectivity index (χ0v) is 11.5. The van der Waals surface area contributed by atoms with E-state index in [0.29, 0.717) is 15.8 Å². The number of hydrogen-bond donors (Lipinski definition) is 1. The fourth-order valence-electron chi connectivity index (χ4n) is 2.11. The van der Waals surface area contributed by atoms with Gasteiger partial charge in [0.1, 0.15) is 4.83 Å². The molecule has 2 aromatic heterocycles. The van der Waals surface area contributed by atoms with Crippen molar-refractivity contribution in [2.45, 2.75) is 6.92 Å². The Hall–Kier alpha value is -2.74. The summed E-state index contributed by atoms with van der Waals surface area (Å²) in [6.07, 6.45) is 0. The molecule has 2 heterocycles. The SMILES string of the molecule is Cc1c(-c2ccc([N+](=O)[O-])cc2)sc2[nH]c(=O)oc(=O)c12. The van der Waals surface area contributed by atoms with Crippen LogP contribution < -0.4 is 11.4 Å². The number of aromatic nitrogens is 1. The lowest BCUT2D eigenvalue weighted by Gasteiger charge is -1.99. The summed E-state index contributed by atoms with van der Waals surface area (Å²) in [5.41, 5.74) is 0.717. The van der Waals surface area contributed by atoms with E-state index in [1.807, 2.05) is 0 Å². The maximum atomic E-state index is 11.7. The van der Waals surface area contributed by atoms with Crippen molar-refractivity contribution in [3.05, 3.63) is 60.9 Å². The van der Waals surface area contributed by atoms with Crippen molar-refractivity contribution in [3.63, 3.8) is 0 Å². The maximum Gasteiger partial charge on any atom is 0.420 e. The van der Waals surface area contributed by atoms with Crippen LogP contribution >= 0.6 is 11.3 Å². The second kappa shape index (κ2) is 4.67. The van der Waals surface area contributed by atoms with Crippen LogP contribution in [0.2, 0.25) is 0 Å². The molecule has 8 heteroatoms. The largest absolute Gasteiger partial charge is 0.420 e. The van der Waals surface area contributed by atoms with Crippen LogP contribution in [-0.4, -0.2) is 9.91 Å². The number of nitro groups is 1. The number of aromatic amines is 1. The highest BCUT2D eigenvalue weighted by atomic mass is 32.1. The van der Waals surface area contributed by atoms with Gasteiger partial charge in [-0.1, -0.05) is 0 Å². The van der Waals surface area contributed by atoms with Crippen LogP contribution in [0, 0.1) is 17.0 Å².